The predicted octanol–water partition coefficient (Wildman–Crippen LogP) is 2.46. The third kappa shape index (κ3) is 4.14. The first-order valence-corrected chi connectivity index (χ1v) is 9.97. The highest BCUT2D eigenvalue weighted by atomic mass is 32.2. The molecule has 0 bridgehead atoms. The molecule has 2 aromatic rings. The minimum atomic E-state index is -3.57. The highest BCUT2D eigenvalue weighted by Gasteiger charge is 2.17. The van der Waals surface area contributed by atoms with E-state index in [1.807, 2.05) is 0 Å². The summed E-state index contributed by atoms with van der Waals surface area (Å²) in [5.74, 6) is -0.196. The molecule has 2 N–H and O–H groups in total. The minimum absolute atomic E-state index is 0.0887. The van der Waals surface area contributed by atoms with Gasteiger partial charge in [-0.1, -0.05) is 6.07 Å². The van der Waals surface area contributed by atoms with E-state index >= 15 is 0 Å². The number of benzene rings is 1. The lowest BCUT2D eigenvalue weighted by atomic mass is 10.2. The largest absolute Gasteiger partial charge is 0.376 e. The molecule has 1 amide bonds. The van der Waals surface area contributed by atoms with E-state index in [1.54, 1.807) is 41.8 Å². The number of nitrogens with one attached hydrogen (secondary N) is 2. The highest BCUT2D eigenvalue weighted by molar-refractivity contribution is 7.94. The summed E-state index contributed by atoms with van der Waals surface area (Å²) in [4.78, 5) is 12.1. The summed E-state index contributed by atoms with van der Waals surface area (Å²) in [6.45, 7) is 1.24. The molecule has 6 nitrogen and oxygen atoms in total. The molecule has 2 heterocycles. The van der Waals surface area contributed by atoms with Crippen LogP contribution in [-0.4, -0.2) is 33.6 Å². The highest BCUT2D eigenvalue weighted by Crippen LogP contribution is 2.20. The third-order valence-corrected chi connectivity index (χ3v) is 6.45. The molecule has 1 atom stereocenters. The van der Waals surface area contributed by atoms with Crippen LogP contribution >= 0.6 is 11.3 Å². The van der Waals surface area contributed by atoms with Gasteiger partial charge >= 0.3 is 0 Å². The van der Waals surface area contributed by atoms with Crippen LogP contribution in [0.25, 0.3) is 0 Å². The molecule has 0 saturated carbocycles. The Labute approximate surface area is 144 Å². The van der Waals surface area contributed by atoms with Gasteiger partial charge in [0.05, 0.1) is 6.10 Å². The zero-order valence-electron chi connectivity index (χ0n) is 12.9. The van der Waals surface area contributed by atoms with Crippen molar-refractivity contribution < 1.29 is 17.9 Å². The van der Waals surface area contributed by atoms with Crippen molar-refractivity contribution in [2.45, 2.75) is 23.2 Å². The standard InChI is InChI=1S/C16H18N2O4S2/c19-16(17-11-14-3-1-9-22-14)12-5-7-13(8-6-12)18-24(20,21)15-4-2-10-23-15/h2,4-8,10,14,18H,1,3,9,11H2,(H,17,19)/t14-/m0/s1. The number of carbonyl (C=O) groups is 1. The van der Waals surface area contributed by atoms with Crippen molar-refractivity contribution in [2.75, 3.05) is 17.9 Å². The Hall–Kier alpha value is -1.90. The Morgan fingerprint density at radius 2 is 2.04 bits per heavy atom. The SMILES string of the molecule is O=C(NC[C@@H]1CCCO1)c1ccc(NS(=O)(=O)c2cccs2)cc1. The Kier molecular flexibility index (Phi) is 5.17. The molecular formula is C16H18N2O4S2. The molecule has 0 spiro atoms. The first-order chi connectivity index (χ1) is 11.5. The molecular weight excluding hydrogens is 348 g/mol. The zero-order valence-corrected chi connectivity index (χ0v) is 14.5. The van der Waals surface area contributed by atoms with Crippen molar-refractivity contribution in [1.82, 2.24) is 5.32 Å². The van der Waals surface area contributed by atoms with Gasteiger partial charge in [-0.3, -0.25) is 9.52 Å². The van der Waals surface area contributed by atoms with Crippen LogP contribution < -0.4 is 10.0 Å². The molecule has 8 heteroatoms. The number of sulfonamides is 1. The predicted molar refractivity (Wildman–Crippen MR) is 92.9 cm³/mol. The van der Waals surface area contributed by atoms with Crippen molar-refractivity contribution in [3.63, 3.8) is 0 Å². The van der Waals surface area contributed by atoms with Gasteiger partial charge in [0, 0.05) is 24.4 Å². The van der Waals surface area contributed by atoms with Crippen LogP contribution in [0.1, 0.15) is 23.2 Å². The number of amides is 1. The molecule has 1 fully saturated rings. The van der Waals surface area contributed by atoms with Crippen LogP contribution in [-0.2, 0) is 14.8 Å². The van der Waals surface area contributed by atoms with Crippen LogP contribution in [0.5, 0.6) is 0 Å². The topological polar surface area (TPSA) is 84.5 Å². The first kappa shape index (κ1) is 16.9. The second kappa shape index (κ2) is 7.33. The smallest absolute Gasteiger partial charge is 0.271 e. The number of thiophene rings is 1. The van der Waals surface area contributed by atoms with Gasteiger partial charge < -0.3 is 10.1 Å². The normalized spacial score (nSPS) is 17.6. The average Bonchev–Trinajstić information content (AvgIpc) is 3.26. The Balaban J connectivity index is 1.59. The summed E-state index contributed by atoms with van der Waals surface area (Å²) in [5.41, 5.74) is 0.895. The maximum Gasteiger partial charge on any atom is 0.271 e. The molecule has 24 heavy (non-hydrogen) atoms. The monoisotopic (exact) mass is 366 g/mol. The third-order valence-electron chi connectivity index (χ3n) is 3.67. The van der Waals surface area contributed by atoms with Crippen molar-refractivity contribution in [3.8, 4) is 0 Å². The summed E-state index contributed by atoms with van der Waals surface area (Å²) in [6.07, 6.45) is 2.08. The lowest BCUT2D eigenvalue weighted by Crippen LogP contribution is -2.31. The van der Waals surface area contributed by atoms with Crippen LogP contribution in [0.3, 0.4) is 0 Å². The van der Waals surface area contributed by atoms with Crippen molar-refractivity contribution in [2.24, 2.45) is 0 Å². The summed E-state index contributed by atoms with van der Waals surface area (Å²) < 4.78 is 32.5. The maximum atomic E-state index is 12.1. The van der Waals surface area contributed by atoms with Gasteiger partial charge in [-0.15, -0.1) is 11.3 Å². The molecule has 1 aromatic carbocycles. The molecule has 1 aliphatic rings. The number of hydrogen-bond donors (Lipinski definition) is 2. The lowest BCUT2D eigenvalue weighted by molar-refractivity contribution is 0.0858. The molecule has 128 valence electrons. The summed E-state index contributed by atoms with van der Waals surface area (Å²) in [6, 6.07) is 9.56. The van der Waals surface area contributed by atoms with Crippen LogP contribution in [0, 0.1) is 0 Å². The second-order valence-corrected chi connectivity index (χ2v) is 8.32. The molecule has 1 saturated heterocycles. The quantitative estimate of drug-likeness (QED) is 0.822. The van der Waals surface area contributed by atoms with E-state index in [-0.39, 0.29) is 16.2 Å². The molecule has 1 aliphatic heterocycles. The van der Waals surface area contributed by atoms with E-state index in [4.69, 9.17) is 4.74 Å². The Bertz CT molecular complexity index is 780. The van der Waals surface area contributed by atoms with Gasteiger partial charge in [0.2, 0.25) is 0 Å². The van der Waals surface area contributed by atoms with Gasteiger partial charge in [0.1, 0.15) is 4.21 Å². The zero-order chi connectivity index (χ0) is 17.0. The van der Waals surface area contributed by atoms with Gasteiger partial charge in [0.15, 0.2) is 0 Å². The van der Waals surface area contributed by atoms with E-state index in [0.717, 1.165) is 30.8 Å². The van der Waals surface area contributed by atoms with E-state index in [0.29, 0.717) is 17.8 Å². The maximum absolute atomic E-state index is 12.1. The second-order valence-electron chi connectivity index (χ2n) is 5.46. The Morgan fingerprint density at radius 3 is 2.67 bits per heavy atom. The van der Waals surface area contributed by atoms with Crippen LogP contribution in [0.4, 0.5) is 5.69 Å². The van der Waals surface area contributed by atoms with Gasteiger partial charge in [-0.2, -0.15) is 0 Å². The number of ether oxygens (including phenoxy) is 1. The van der Waals surface area contributed by atoms with Crippen LogP contribution in [0.2, 0.25) is 0 Å². The molecule has 0 radical (unpaired) electrons. The fraction of sp³-hybridized carbons (Fsp3) is 0.312. The first-order valence-electron chi connectivity index (χ1n) is 7.61. The average molecular weight is 366 g/mol. The van der Waals surface area contributed by atoms with Gasteiger partial charge in [0.25, 0.3) is 15.9 Å². The van der Waals surface area contributed by atoms with E-state index < -0.39 is 10.0 Å². The van der Waals surface area contributed by atoms with Gasteiger partial charge in [-0.25, -0.2) is 8.42 Å². The number of carbonyl (C=O) groups excluding carboxylic acids is 1. The summed E-state index contributed by atoms with van der Waals surface area (Å²) in [7, 11) is -3.57. The minimum Gasteiger partial charge on any atom is -0.376 e. The van der Waals surface area contributed by atoms with Crippen LogP contribution in [0.15, 0.2) is 46.0 Å². The summed E-state index contributed by atoms with van der Waals surface area (Å²) >= 11 is 1.15. The van der Waals surface area contributed by atoms with Crippen molar-refractivity contribution in [3.05, 3.63) is 47.3 Å². The van der Waals surface area contributed by atoms with E-state index in [1.165, 1.54) is 0 Å². The van der Waals surface area contributed by atoms with Crippen molar-refractivity contribution in [1.29, 1.82) is 0 Å². The molecule has 0 aliphatic carbocycles. The number of rotatable bonds is 6. The number of hydrogen-bond acceptors (Lipinski definition) is 5. The number of anilines is 1. The fourth-order valence-corrected chi connectivity index (χ4v) is 4.48. The van der Waals surface area contributed by atoms with E-state index in [9.17, 15) is 13.2 Å². The lowest BCUT2D eigenvalue weighted by Gasteiger charge is -2.11. The Morgan fingerprint density at radius 1 is 1.25 bits per heavy atom. The van der Waals surface area contributed by atoms with E-state index in [2.05, 4.69) is 10.0 Å². The summed E-state index contributed by atoms with van der Waals surface area (Å²) in [5, 5.41) is 4.53. The molecule has 1 aromatic heterocycles. The van der Waals surface area contributed by atoms with Gasteiger partial charge in [-0.05, 0) is 48.6 Å². The molecule has 0 unspecified atom stereocenters. The fourth-order valence-electron chi connectivity index (χ4n) is 2.43. The molecule has 3 rings (SSSR count). The van der Waals surface area contributed by atoms with Crippen molar-refractivity contribution >= 4 is 33.0 Å².